The Morgan fingerprint density at radius 3 is 2.42 bits per heavy atom. The number of ether oxygens (including phenoxy) is 4. The van der Waals surface area contributed by atoms with Crippen molar-refractivity contribution in [2.75, 3.05) is 51.0 Å². The molecule has 0 aliphatic carbocycles. The number of carbonyl (C=O) groups excluding carboxylic acids is 5. The number of hydrogen-bond donors (Lipinski definition) is 3. The van der Waals surface area contributed by atoms with Gasteiger partial charge < -0.3 is 44.6 Å². The lowest BCUT2D eigenvalue weighted by molar-refractivity contribution is -0.163. The summed E-state index contributed by atoms with van der Waals surface area (Å²) in [5.74, 6) is -3.64. The van der Waals surface area contributed by atoms with E-state index in [1.165, 1.54) is 11.3 Å². The van der Waals surface area contributed by atoms with Crippen molar-refractivity contribution in [2.45, 2.75) is 82.9 Å². The Morgan fingerprint density at radius 1 is 1.13 bits per heavy atom. The molecule has 3 rings (SSSR count). The van der Waals surface area contributed by atoms with E-state index in [1.54, 1.807) is 5.38 Å². The number of aromatic nitrogens is 1. The third kappa shape index (κ3) is 10.8. The highest BCUT2D eigenvalue weighted by molar-refractivity contribution is 7.13. The molecule has 0 radical (unpaired) electrons. The zero-order chi connectivity index (χ0) is 33.4. The standard InChI is InChI=1S/C28H45N5O10SSi/c1-17(34)41-13-19(29)25(37)43-26(38)20(14-42-45(5,6)28(2,3)4)31-23(35)21-16-44-27(32-21)33-9-7-18(8-10-33)30-24(36)22-15-39-11-12-40-22/h16,18-20,22H,7-15,29H2,1-6H3,(H,30,36)(H,31,35)/t19-,20-,22?/m0/s1. The molecule has 4 N–H and O–H groups in total. The number of rotatable bonds is 12. The van der Waals surface area contributed by atoms with Crippen molar-refractivity contribution in [3.8, 4) is 0 Å². The summed E-state index contributed by atoms with van der Waals surface area (Å²) in [6.07, 6.45) is 0.778. The van der Waals surface area contributed by atoms with Gasteiger partial charge in [-0.1, -0.05) is 20.8 Å². The molecule has 17 heteroatoms. The zero-order valence-electron chi connectivity index (χ0n) is 26.7. The van der Waals surface area contributed by atoms with Crippen molar-refractivity contribution in [3.63, 3.8) is 0 Å². The number of nitrogens with one attached hydrogen (secondary N) is 2. The molecule has 2 amide bonds. The second-order valence-corrected chi connectivity index (χ2v) is 18.1. The largest absolute Gasteiger partial charge is 0.464 e. The lowest BCUT2D eigenvalue weighted by atomic mass is 10.1. The molecule has 1 aromatic rings. The van der Waals surface area contributed by atoms with E-state index < -0.39 is 56.9 Å². The quantitative estimate of drug-likeness (QED) is 0.160. The maximum absolute atomic E-state index is 13.2. The monoisotopic (exact) mass is 671 g/mol. The molecule has 2 fully saturated rings. The molecule has 2 saturated heterocycles. The van der Waals surface area contributed by atoms with Gasteiger partial charge in [-0.2, -0.15) is 0 Å². The molecule has 1 unspecified atom stereocenters. The number of thiazole rings is 1. The summed E-state index contributed by atoms with van der Waals surface area (Å²) in [4.78, 5) is 68.6. The first-order valence-corrected chi connectivity index (χ1v) is 18.7. The predicted molar refractivity (Wildman–Crippen MR) is 166 cm³/mol. The first-order valence-electron chi connectivity index (χ1n) is 14.9. The van der Waals surface area contributed by atoms with Gasteiger partial charge in [0, 0.05) is 31.4 Å². The average Bonchev–Trinajstić information content (AvgIpc) is 3.48. The van der Waals surface area contributed by atoms with Gasteiger partial charge in [0.15, 0.2) is 19.6 Å². The van der Waals surface area contributed by atoms with E-state index in [0.29, 0.717) is 44.3 Å². The van der Waals surface area contributed by atoms with Crippen LogP contribution < -0.4 is 21.3 Å². The van der Waals surface area contributed by atoms with Crippen LogP contribution in [-0.2, 0) is 42.6 Å². The minimum atomic E-state index is -2.36. The molecule has 3 heterocycles. The number of nitrogens with zero attached hydrogens (tertiary/aromatic N) is 2. The molecule has 15 nitrogen and oxygen atoms in total. The molecule has 2 aliphatic rings. The van der Waals surface area contributed by atoms with Crippen LogP contribution in [0.4, 0.5) is 5.13 Å². The minimum Gasteiger partial charge on any atom is -0.464 e. The summed E-state index contributed by atoms with van der Waals surface area (Å²) in [6.45, 7) is 12.9. The molecule has 252 valence electrons. The topological polar surface area (TPSA) is 198 Å². The average molecular weight is 672 g/mol. The van der Waals surface area contributed by atoms with Gasteiger partial charge in [-0.25, -0.2) is 14.6 Å². The number of esters is 3. The van der Waals surface area contributed by atoms with Crippen LogP contribution in [0.5, 0.6) is 0 Å². The van der Waals surface area contributed by atoms with Crippen LogP contribution in [-0.4, -0.2) is 113 Å². The SMILES string of the molecule is CC(=O)OC[C@H](N)C(=O)OC(=O)[C@H](CO[Si](C)(C)C(C)(C)C)NC(=O)c1csc(N2CCC(NC(=O)C3COCCO3)CC2)n1. The summed E-state index contributed by atoms with van der Waals surface area (Å²) in [5, 5.41) is 7.62. The third-order valence-corrected chi connectivity index (χ3v) is 13.3. The molecular weight excluding hydrogens is 626 g/mol. The maximum atomic E-state index is 13.2. The van der Waals surface area contributed by atoms with E-state index in [4.69, 9.17) is 29.1 Å². The fourth-order valence-electron chi connectivity index (χ4n) is 4.09. The summed E-state index contributed by atoms with van der Waals surface area (Å²) in [7, 11) is -2.36. The first-order chi connectivity index (χ1) is 21.1. The molecular formula is C28H45N5O10SSi. The summed E-state index contributed by atoms with van der Waals surface area (Å²) < 4.78 is 26.6. The van der Waals surface area contributed by atoms with Gasteiger partial charge in [-0.05, 0) is 31.0 Å². The number of piperidine rings is 1. The smallest absolute Gasteiger partial charge is 0.338 e. The Balaban J connectivity index is 1.60. The van der Waals surface area contributed by atoms with Crippen LogP contribution in [0.25, 0.3) is 0 Å². The third-order valence-electron chi connectivity index (χ3n) is 7.92. The van der Waals surface area contributed by atoms with E-state index in [-0.39, 0.29) is 35.9 Å². The maximum Gasteiger partial charge on any atom is 0.338 e. The number of nitrogens with two attached hydrogens (primary N) is 1. The summed E-state index contributed by atoms with van der Waals surface area (Å²) >= 11 is 1.28. The molecule has 0 saturated carbocycles. The van der Waals surface area contributed by atoms with Gasteiger partial charge in [0.1, 0.15) is 24.4 Å². The van der Waals surface area contributed by atoms with E-state index in [0.717, 1.165) is 6.92 Å². The number of amides is 2. The normalized spacial score (nSPS) is 19.3. The van der Waals surface area contributed by atoms with Gasteiger partial charge in [0.2, 0.25) is 0 Å². The van der Waals surface area contributed by atoms with E-state index in [2.05, 4.69) is 15.6 Å². The van der Waals surface area contributed by atoms with Crippen molar-refractivity contribution in [1.29, 1.82) is 0 Å². The zero-order valence-corrected chi connectivity index (χ0v) is 28.5. The van der Waals surface area contributed by atoms with Crippen LogP contribution in [0.15, 0.2) is 5.38 Å². The minimum absolute atomic E-state index is 0.0143. The Morgan fingerprint density at radius 2 is 1.82 bits per heavy atom. The lowest BCUT2D eigenvalue weighted by Crippen LogP contribution is -2.51. The molecule has 3 atom stereocenters. The molecule has 0 aromatic carbocycles. The van der Waals surface area contributed by atoms with Gasteiger partial charge in [-0.15, -0.1) is 11.3 Å². The second kappa shape index (κ2) is 16.0. The highest BCUT2D eigenvalue weighted by atomic mass is 32.1. The lowest BCUT2D eigenvalue weighted by Gasteiger charge is -2.37. The Bertz CT molecular complexity index is 1210. The molecule has 0 bridgehead atoms. The summed E-state index contributed by atoms with van der Waals surface area (Å²) in [6, 6.07) is -2.73. The van der Waals surface area contributed by atoms with Crippen LogP contribution in [0.1, 0.15) is 51.0 Å². The first kappa shape index (κ1) is 36.5. The molecule has 1 aromatic heterocycles. The van der Waals surface area contributed by atoms with Gasteiger partial charge >= 0.3 is 17.9 Å². The predicted octanol–water partition coefficient (Wildman–Crippen LogP) is 0.724. The Labute approximate surface area is 267 Å². The van der Waals surface area contributed by atoms with Crippen LogP contribution in [0, 0.1) is 0 Å². The van der Waals surface area contributed by atoms with Crippen LogP contribution >= 0.6 is 11.3 Å². The number of hydrogen-bond acceptors (Lipinski definition) is 14. The van der Waals surface area contributed by atoms with Gasteiger partial charge in [0.25, 0.3) is 11.8 Å². The van der Waals surface area contributed by atoms with Crippen molar-refractivity contribution in [2.24, 2.45) is 5.73 Å². The Hall–Kier alpha value is -2.96. The fourth-order valence-corrected chi connectivity index (χ4v) is 5.97. The van der Waals surface area contributed by atoms with E-state index in [1.807, 2.05) is 38.8 Å². The molecule has 0 spiro atoms. The Kier molecular flexibility index (Phi) is 13.0. The van der Waals surface area contributed by atoms with Crippen LogP contribution in [0.3, 0.4) is 0 Å². The highest BCUT2D eigenvalue weighted by Gasteiger charge is 2.39. The molecule has 2 aliphatic heterocycles. The fraction of sp³-hybridized carbons (Fsp3) is 0.714. The highest BCUT2D eigenvalue weighted by Crippen LogP contribution is 2.36. The van der Waals surface area contributed by atoms with E-state index >= 15 is 0 Å². The van der Waals surface area contributed by atoms with Crippen molar-refractivity contribution < 1.29 is 47.3 Å². The van der Waals surface area contributed by atoms with Crippen LogP contribution in [0.2, 0.25) is 18.1 Å². The number of carbonyl (C=O) groups is 5. The van der Waals surface area contributed by atoms with Gasteiger partial charge in [-0.3, -0.25) is 14.4 Å². The van der Waals surface area contributed by atoms with E-state index in [9.17, 15) is 24.0 Å². The molecule has 45 heavy (non-hydrogen) atoms. The van der Waals surface area contributed by atoms with Gasteiger partial charge in [0.05, 0.1) is 26.4 Å². The second-order valence-electron chi connectivity index (χ2n) is 12.5. The summed E-state index contributed by atoms with van der Waals surface area (Å²) in [5.41, 5.74) is 5.77. The van der Waals surface area contributed by atoms with Crippen molar-refractivity contribution in [1.82, 2.24) is 15.6 Å². The van der Waals surface area contributed by atoms with Crippen molar-refractivity contribution in [3.05, 3.63) is 11.1 Å². The number of anilines is 1. The van der Waals surface area contributed by atoms with Crippen molar-refractivity contribution >= 4 is 54.5 Å².